The largest absolute Gasteiger partial charge is 0.417 e. The molecule has 11 heteroatoms. The predicted octanol–water partition coefficient (Wildman–Crippen LogP) is 4.66. The minimum absolute atomic E-state index is 0.158. The lowest BCUT2D eigenvalue weighted by molar-refractivity contribution is -0.137. The fourth-order valence-electron chi connectivity index (χ4n) is 2.59. The van der Waals surface area contributed by atoms with Crippen LogP contribution in [0.2, 0.25) is 5.02 Å². The van der Waals surface area contributed by atoms with Crippen molar-refractivity contribution in [3.63, 3.8) is 0 Å². The number of fused-ring (bicyclic) bond motifs is 1. The first kappa shape index (κ1) is 20.7. The van der Waals surface area contributed by atoms with Crippen LogP contribution in [0.5, 0.6) is 0 Å². The summed E-state index contributed by atoms with van der Waals surface area (Å²) in [6, 6.07) is 8.03. The number of hydrogen-bond donors (Lipinski definition) is 1. The van der Waals surface area contributed by atoms with Crippen molar-refractivity contribution in [3.05, 3.63) is 58.1 Å². The van der Waals surface area contributed by atoms with Crippen LogP contribution in [0, 0.1) is 0 Å². The van der Waals surface area contributed by atoms with Crippen LogP contribution >= 0.6 is 23.4 Å². The van der Waals surface area contributed by atoms with Crippen molar-refractivity contribution in [1.29, 1.82) is 0 Å². The molecule has 0 spiro atoms. The number of halogens is 4. The highest BCUT2D eigenvalue weighted by Crippen LogP contribution is 2.40. The molecule has 0 aliphatic heterocycles. The third kappa shape index (κ3) is 4.35. The van der Waals surface area contributed by atoms with Crippen LogP contribution in [0.25, 0.3) is 17.0 Å². The lowest BCUT2D eigenvalue weighted by Gasteiger charge is -2.10. The molecule has 0 amide bonds. The molecule has 28 heavy (non-hydrogen) atoms. The van der Waals surface area contributed by atoms with Gasteiger partial charge >= 0.3 is 6.18 Å². The standard InChI is InChI=1S/C17H13ClF3N3O2S2/c1-24-14-5-3-2-4-11(14)12(6-7-28(22,25)26)16(24)27-15-13(18)8-10(9-23-15)17(19,20)21/h2-9H,1H3,(H2,22,25,26)/b7-6+. The van der Waals surface area contributed by atoms with E-state index in [1.54, 1.807) is 23.7 Å². The van der Waals surface area contributed by atoms with Gasteiger partial charge in [-0.15, -0.1) is 0 Å². The Hall–Kier alpha value is -2.01. The van der Waals surface area contributed by atoms with Crippen LogP contribution in [0.3, 0.4) is 0 Å². The number of aryl methyl sites for hydroxylation is 1. The SMILES string of the molecule is Cn1c(Sc2ncc(C(F)(F)F)cc2Cl)c(/C=C/S(N)(=O)=O)c2ccccc21. The molecule has 148 valence electrons. The Morgan fingerprint density at radius 2 is 1.96 bits per heavy atom. The number of rotatable bonds is 4. The van der Waals surface area contributed by atoms with Crippen molar-refractivity contribution in [2.24, 2.45) is 12.2 Å². The molecule has 0 fully saturated rings. The van der Waals surface area contributed by atoms with Crippen molar-refractivity contribution in [2.75, 3.05) is 0 Å². The van der Waals surface area contributed by atoms with E-state index < -0.39 is 21.8 Å². The van der Waals surface area contributed by atoms with Crippen molar-refractivity contribution in [1.82, 2.24) is 9.55 Å². The summed E-state index contributed by atoms with van der Waals surface area (Å²) in [5, 5.41) is 7.21. The summed E-state index contributed by atoms with van der Waals surface area (Å²) >= 11 is 7.04. The predicted molar refractivity (Wildman–Crippen MR) is 103 cm³/mol. The Bertz CT molecular complexity index is 1190. The van der Waals surface area contributed by atoms with Crippen molar-refractivity contribution < 1.29 is 21.6 Å². The van der Waals surface area contributed by atoms with Gasteiger partial charge in [0.15, 0.2) is 0 Å². The number of aromatic nitrogens is 2. The molecular formula is C17H13ClF3N3O2S2. The number of alkyl halides is 3. The van der Waals surface area contributed by atoms with Gasteiger partial charge in [0.05, 0.1) is 15.6 Å². The number of benzene rings is 1. The van der Waals surface area contributed by atoms with E-state index in [9.17, 15) is 21.6 Å². The third-order valence-corrected chi connectivity index (χ3v) is 5.96. The first-order chi connectivity index (χ1) is 13.0. The molecule has 0 atom stereocenters. The summed E-state index contributed by atoms with van der Waals surface area (Å²) in [5.74, 6) is 0. The number of primary sulfonamides is 1. The molecule has 1 aromatic carbocycles. The van der Waals surface area contributed by atoms with E-state index in [2.05, 4.69) is 4.98 Å². The highest BCUT2D eigenvalue weighted by molar-refractivity contribution is 7.99. The molecule has 0 bridgehead atoms. The average Bonchev–Trinajstić information content (AvgIpc) is 2.85. The van der Waals surface area contributed by atoms with Crippen molar-refractivity contribution in [2.45, 2.75) is 16.2 Å². The van der Waals surface area contributed by atoms with E-state index in [1.807, 2.05) is 12.1 Å². The monoisotopic (exact) mass is 447 g/mol. The zero-order valence-corrected chi connectivity index (χ0v) is 16.6. The molecule has 0 unspecified atom stereocenters. The molecule has 0 saturated heterocycles. The summed E-state index contributed by atoms with van der Waals surface area (Å²) in [6.45, 7) is 0. The molecule has 0 saturated carbocycles. The lowest BCUT2D eigenvalue weighted by Crippen LogP contribution is -2.06. The first-order valence-corrected chi connectivity index (χ1v) is 10.5. The minimum Gasteiger partial charge on any atom is -0.338 e. The molecule has 0 aliphatic rings. The van der Waals surface area contributed by atoms with E-state index in [0.29, 0.717) is 16.8 Å². The lowest BCUT2D eigenvalue weighted by atomic mass is 10.2. The smallest absolute Gasteiger partial charge is 0.338 e. The zero-order chi connectivity index (χ0) is 20.7. The van der Waals surface area contributed by atoms with E-state index in [1.165, 1.54) is 6.08 Å². The summed E-state index contributed by atoms with van der Waals surface area (Å²) < 4.78 is 62.9. The maximum Gasteiger partial charge on any atom is 0.417 e. The Balaban J connectivity index is 2.13. The van der Waals surface area contributed by atoms with Crippen LogP contribution in [0.4, 0.5) is 13.2 Å². The molecule has 3 aromatic rings. The molecule has 0 radical (unpaired) electrons. The minimum atomic E-state index is -4.55. The third-order valence-electron chi connectivity index (χ3n) is 3.84. The van der Waals surface area contributed by atoms with Crippen LogP contribution in [0.1, 0.15) is 11.1 Å². The van der Waals surface area contributed by atoms with Gasteiger partial charge in [-0.05, 0) is 30.0 Å². The zero-order valence-electron chi connectivity index (χ0n) is 14.2. The van der Waals surface area contributed by atoms with Gasteiger partial charge in [0, 0.05) is 35.1 Å². The second kappa shape index (κ2) is 7.43. The molecule has 3 rings (SSSR count). The van der Waals surface area contributed by atoms with Gasteiger partial charge in [-0.2, -0.15) is 13.2 Å². The average molecular weight is 448 g/mol. The molecule has 2 aromatic heterocycles. The van der Waals surface area contributed by atoms with Crippen molar-refractivity contribution >= 4 is 50.4 Å². The maximum atomic E-state index is 12.8. The number of nitrogens with zero attached hydrogens (tertiary/aromatic N) is 2. The Morgan fingerprint density at radius 3 is 2.57 bits per heavy atom. The van der Waals surface area contributed by atoms with E-state index >= 15 is 0 Å². The van der Waals surface area contributed by atoms with Gasteiger partial charge in [0.2, 0.25) is 10.0 Å². The number of sulfonamides is 1. The molecule has 2 N–H and O–H groups in total. The second-order valence-electron chi connectivity index (χ2n) is 5.80. The van der Waals surface area contributed by atoms with Crippen LogP contribution in [-0.4, -0.2) is 18.0 Å². The summed E-state index contributed by atoms with van der Waals surface area (Å²) in [5.41, 5.74) is 0.380. The topological polar surface area (TPSA) is 78.0 Å². The Morgan fingerprint density at radius 1 is 1.29 bits per heavy atom. The van der Waals surface area contributed by atoms with Crippen LogP contribution in [0.15, 0.2) is 52.0 Å². The molecule has 2 heterocycles. The van der Waals surface area contributed by atoms with E-state index in [-0.39, 0.29) is 10.0 Å². The highest BCUT2D eigenvalue weighted by Gasteiger charge is 2.31. The molecular weight excluding hydrogens is 435 g/mol. The second-order valence-corrected chi connectivity index (χ2v) is 8.63. The van der Waals surface area contributed by atoms with Gasteiger partial charge in [-0.25, -0.2) is 18.5 Å². The van der Waals surface area contributed by atoms with E-state index in [0.717, 1.165) is 34.1 Å². The normalized spacial score (nSPS) is 12.9. The number of nitrogens with two attached hydrogens (primary N) is 1. The van der Waals surface area contributed by atoms with Gasteiger partial charge < -0.3 is 4.57 Å². The first-order valence-electron chi connectivity index (χ1n) is 7.66. The fraction of sp³-hybridized carbons (Fsp3) is 0.118. The van der Waals surface area contributed by atoms with Crippen LogP contribution < -0.4 is 5.14 Å². The quantitative estimate of drug-likeness (QED) is 0.631. The Labute approximate surface area is 168 Å². The van der Waals surface area contributed by atoms with E-state index in [4.69, 9.17) is 16.7 Å². The summed E-state index contributed by atoms with van der Waals surface area (Å²) in [6.07, 6.45) is -2.50. The summed E-state index contributed by atoms with van der Waals surface area (Å²) in [4.78, 5) is 3.83. The van der Waals surface area contributed by atoms with Gasteiger partial charge in [-0.1, -0.05) is 29.8 Å². The van der Waals surface area contributed by atoms with Gasteiger partial charge in [-0.3, -0.25) is 0 Å². The summed E-state index contributed by atoms with van der Waals surface area (Å²) in [7, 11) is -2.12. The Kier molecular flexibility index (Phi) is 5.50. The molecule has 0 aliphatic carbocycles. The van der Waals surface area contributed by atoms with Gasteiger partial charge in [0.25, 0.3) is 0 Å². The number of para-hydroxylation sites is 1. The van der Waals surface area contributed by atoms with Gasteiger partial charge in [0.1, 0.15) is 5.03 Å². The highest BCUT2D eigenvalue weighted by atomic mass is 35.5. The van der Waals surface area contributed by atoms with Crippen LogP contribution in [-0.2, 0) is 23.2 Å². The fourth-order valence-corrected chi connectivity index (χ4v) is 4.17. The number of pyridine rings is 1. The van der Waals surface area contributed by atoms with Crippen molar-refractivity contribution in [3.8, 4) is 0 Å². The number of hydrogen-bond acceptors (Lipinski definition) is 4. The molecule has 5 nitrogen and oxygen atoms in total. The maximum absolute atomic E-state index is 12.8.